The smallest absolute Gasteiger partial charge is 0.223 e. The molecule has 1 saturated heterocycles. The molecule has 1 aliphatic carbocycles. The molecule has 2 atom stereocenters. The molecule has 1 heterocycles. The molecular formula is C12H22N2O2. The molecule has 16 heavy (non-hydrogen) atoms. The van der Waals surface area contributed by atoms with E-state index >= 15 is 0 Å². The van der Waals surface area contributed by atoms with Crippen LogP contribution in [0.2, 0.25) is 0 Å². The van der Waals surface area contributed by atoms with Crippen molar-refractivity contribution in [3.8, 4) is 0 Å². The van der Waals surface area contributed by atoms with Crippen LogP contribution in [0.15, 0.2) is 0 Å². The third kappa shape index (κ3) is 2.95. The molecule has 1 amide bonds. The summed E-state index contributed by atoms with van der Waals surface area (Å²) in [7, 11) is 0. The van der Waals surface area contributed by atoms with E-state index in [2.05, 4.69) is 5.32 Å². The zero-order chi connectivity index (χ0) is 11.4. The number of carbonyl (C=O) groups excluding carboxylic acids is 1. The van der Waals surface area contributed by atoms with E-state index in [-0.39, 0.29) is 23.9 Å². The highest BCUT2D eigenvalue weighted by Crippen LogP contribution is 2.19. The molecule has 0 aromatic heterocycles. The molecule has 3 N–H and O–H groups in total. The van der Waals surface area contributed by atoms with E-state index in [0.29, 0.717) is 0 Å². The molecule has 0 spiro atoms. The van der Waals surface area contributed by atoms with Gasteiger partial charge >= 0.3 is 0 Å². The van der Waals surface area contributed by atoms with Gasteiger partial charge in [0.1, 0.15) is 0 Å². The molecule has 0 aromatic rings. The van der Waals surface area contributed by atoms with Crippen molar-refractivity contribution in [2.24, 2.45) is 11.7 Å². The number of ether oxygens (including phenoxy) is 1. The predicted molar refractivity (Wildman–Crippen MR) is 61.9 cm³/mol. The van der Waals surface area contributed by atoms with E-state index in [0.717, 1.165) is 38.9 Å². The van der Waals surface area contributed by atoms with Crippen molar-refractivity contribution in [1.82, 2.24) is 5.32 Å². The van der Waals surface area contributed by atoms with Crippen LogP contribution in [-0.4, -0.2) is 31.2 Å². The van der Waals surface area contributed by atoms with Crippen LogP contribution >= 0.6 is 0 Å². The van der Waals surface area contributed by atoms with Crippen LogP contribution in [0.1, 0.15) is 38.5 Å². The molecule has 92 valence electrons. The molecule has 2 unspecified atom stereocenters. The van der Waals surface area contributed by atoms with Crippen LogP contribution in [0.3, 0.4) is 0 Å². The Hall–Kier alpha value is -0.610. The zero-order valence-electron chi connectivity index (χ0n) is 9.78. The molecule has 0 aromatic carbocycles. The maximum Gasteiger partial charge on any atom is 0.223 e. The summed E-state index contributed by atoms with van der Waals surface area (Å²) in [6, 6.07) is 0.349. The molecule has 1 saturated carbocycles. The van der Waals surface area contributed by atoms with E-state index < -0.39 is 0 Å². The van der Waals surface area contributed by atoms with E-state index in [1.165, 1.54) is 12.8 Å². The summed E-state index contributed by atoms with van der Waals surface area (Å²) in [5.74, 6) is 0.327. The normalized spacial score (nSPS) is 32.3. The van der Waals surface area contributed by atoms with Gasteiger partial charge in [0.2, 0.25) is 5.91 Å². The van der Waals surface area contributed by atoms with E-state index in [9.17, 15) is 4.79 Å². The average Bonchev–Trinajstić information content (AvgIpc) is 2.33. The molecule has 2 aliphatic rings. The van der Waals surface area contributed by atoms with Gasteiger partial charge in [0.15, 0.2) is 0 Å². The topological polar surface area (TPSA) is 64.3 Å². The number of carbonyl (C=O) groups is 1. The highest BCUT2D eigenvalue weighted by Gasteiger charge is 2.27. The fourth-order valence-corrected chi connectivity index (χ4v) is 2.60. The molecule has 4 nitrogen and oxygen atoms in total. The maximum absolute atomic E-state index is 12.0. The summed E-state index contributed by atoms with van der Waals surface area (Å²) in [4.78, 5) is 12.0. The van der Waals surface area contributed by atoms with Crippen molar-refractivity contribution in [2.45, 2.75) is 50.6 Å². The Bertz CT molecular complexity index is 239. The fraction of sp³-hybridized carbons (Fsp3) is 0.917. The van der Waals surface area contributed by atoms with Crippen molar-refractivity contribution < 1.29 is 9.53 Å². The average molecular weight is 226 g/mol. The second kappa shape index (κ2) is 5.64. The van der Waals surface area contributed by atoms with Crippen LogP contribution in [0.5, 0.6) is 0 Å². The number of nitrogens with one attached hydrogen (secondary N) is 1. The SMILES string of the molecule is NC1CCCCC1NC(=O)C1CCOCC1. The second-order valence-electron chi connectivity index (χ2n) is 4.95. The van der Waals surface area contributed by atoms with Gasteiger partial charge in [0.05, 0.1) is 0 Å². The minimum atomic E-state index is 0.142. The Morgan fingerprint density at radius 3 is 2.50 bits per heavy atom. The van der Waals surface area contributed by atoms with Gasteiger partial charge in [-0.05, 0) is 25.7 Å². The Morgan fingerprint density at radius 1 is 1.12 bits per heavy atom. The van der Waals surface area contributed by atoms with Crippen molar-refractivity contribution in [3.63, 3.8) is 0 Å². The van der Waals surface area contributed by atoms with Gasteiger partial charge in [-0.2, -0.15) is 0 Å². The maximum atomic E-state index is 12.0. The van der Waals surface area contributed by atoms with Crippen LogP contribution in [0.4, 0.5) is 0 Å². The van der Waals surface area contributed by atoms with Gasteiger partial charge in [0, 0.05) is 31.2 Å². The molecule has 0 radical (unpaired) electrons. The highest BCUT2D eigenvalue weighted by molar-refractivity contribution is 5.79. The van der Waals surface area contributed by atoms with Gasteiger partial charge in [-0.25, -0.2) is 0 Å². The Kier molecular flexibility index (Phi) is 4.18. The van der Waals surface area contributed by atoms with Crippen LogP contribution in [-0.2, 0) is 9.53 Å². The van der Waals surface area contributed by atoms with Crippen molar-refractivity contribution in [2.75, 3.05) is 13.2 Å². The Labute approximate surface area is 96.9 Å². The Morgan fingerprint density at radius 2 is 1.81 bits per heavy atom. The summed E-state index contributed by atoms with van der Waals surface area (Å²) >= 11 is 0. The second-order valence-corrected chi connectivity index (χ2v) is 4.95. The van der Waals surface area contributed by atoms with Gasteiger partial charge in [-0.3, -0.25) is 4.79 Å². The molecule has 2 rings (SSSR count). The van der Waals surface area contributed by atoms with Crippen molar-refractivity contribution >= 4 is 5.91 Å². The number of rotatable bonds is 2. The zero-order valence-corrected chi connectivity index (χ0v) is 9.78. The van der Waals surface area contributed by atoms with Crippen molar-refractivity contribution in [3.05, 3.63) is 0 Å². The fourth-order valence-electron chi connectivity index (χ4n) is 2.60. The standard InChI is InChI=1S/C12H22N2O2/c13-10-3-1-2-4-11(10)14-12(15)9-5-7-16-8-6-9/h9-11H,1-8,13H2,(H,14,15). The van der Waals surface area contributed by atoms with Crippen LogP contribution < -0.4 is 11.1 Å². The lowest BCUT2D eigenvalue weighted by Gasteiger charge is -2.31. The summed E-state index contributed by atoms with van der Waals surface area (Å²) in [5, 5.41) is 3.12. The Balaban J connectivity index is 1.80. The molecule has 1 aliphatic heterocycles. The summed E-state index contributed by atoms with van der Waals surface area (Å²) in [6.07, 6.45) is 6.17. The van der Waals surface area contributed by atoms with Crippen LogP contribution in [0.25, 0.3) is 0 Å². The third-order valence-electron chi connectivity index (χ3n) is 3.74. The van der Waals surface area contributed by atoms with Gasteiger partial charge in [-0.1, -0.05) is 12.8 Å². The largest absolute Gasteiger partial charge is 0.381 e. The number of hydrogen-bond acceptors (Lipinski definition) is 3. The third-order valence-corrected chi connectivity index (χ3v) is 3.74. The highest BCUT2D eigenvalue weighted by atomic mass is 16.5. The first kappa shape index (κ1) is 11.9. The molecule has 4 heteroatoms. The van der Waals surface area contributed by atoms with E-state index in [1.807, 2.05) is 0 Å². The van der Waals surface area contributed by atoms with Crippen LogP contribution in [0, 0.1) is 5.92 Å². The van der Waals surface area contributed by atoms with Crippen molar-refractivity contribution in [1.29, 1.82) is 0 Å². The lowest BCUT2D eigenvalue weighted by Crippen LogP contribution is -2.51. The summed E-state index contributed by atoms with van der Waals surface area (Å²) in [6.45, 7) is 1.43. The minimum absolute atomic E-state index is 0.142. The van der Waals surface area contributed by atoms with Gasteiger partial charge < -0.3 is 15.8 Å². The predicted octanol–water partition coefficient (Wildman–Crippen LogP) is 0.799. The first-order valence-corrected chi connectivity index (χ1v) is 6.41. The molecular weight excluding hydrogens is 204 g/mol. The lowest BCUT2D eigenvalue weighted by atomic mass is 9.90. The summed E-state index contributed by atoms with van der Waals surface area (Å²) in [5.41, 5.74) is 6.02. The van der Waals surface area contributed by atoms with E-state index in [1.54, 1.807) is 0 Å². The minimum Gasteiger partial charge on any atom is -0.381 e. The quantitative estimate of drug-likeness (QED) is 0.732. The number of nitrogens with two attached hydrogens (primary N) is 1. The summed E-state index contributed by atoms with van der Waals surface area (Å²) < 4.78 is 5.26. The van der Waals surface area contributed by atoms with Gasteiger partial charge in [-0.15, -0.1) is 0 Å². The van der Waals surface area contributed by atoms with E-state index in [4.69, 9.17) is 10.5 Å². The first-order chi connectivity index (χ1) is 7.77. The first-order valence-electron chi connectivity index (χ1n) is 6.41. The number of amides is 1. The molecule has 0 bridgehead atoms. The lowest BCUT2D eigenvalue weighted by molar-refractivity contribution is -0.128. The number of hydrogen-bond donors (Lipinski definition) is 2. The molecule has 2 fully saturated rings. The monoisotopic (exact) mass is 226 g/mol. The van der Waals surface area contributed by atoms with Gasteiger partial charge in [0.25, 0.3) is 0 Å².